The summed E-state index contributed by atoms with van der Waals surface area (Å²) in [5, 5.41) is 2.69. The van der Waals surface area contributed by atoms with E-state index in [9.17, 15) is 9.59 Å². The third-order valence-corrected chi connectivity index (χ3v) is 2.35. The SMILES string of the molecule is COC(=O)C(C)C(=O)Nc1ccccc1C. The summed E-state index contributed by atoms with van der Waals surface area (Å²) in [5.74, 6) is -1.70. The van der Waals surface area contributed by atoms with Crippen LogP contribution in [0.1, 0.15) is 12.5 Å². The average Bonchev–Trinajstić information content (AvgIpc) is 2.30. The molecular formula is C12H15NO3. The number of aryl methyl sites for hydroxylation is 1. The normalized spacial score (nSPS) is 11.7. The number of esters is 1. The Bertz CT molecular complexity index is 401. The summed E-state index contributed by atoms with van der Waals surface area (Å²) in [6.45, 7) is 3.40. The van der Waals surface area contributed by atoms with Crippen LogP contribution in [-0.4, -0.2) is 19.0 Å². The standard InChI is InChI=1S/C12H15NO3/c1-8-6-4-5-7-10(8)13-11(14)9(2)12(15)16-3/h4-7,9H,1-3H3,(H,13,14). The lowest BCUT2D eigenvalue weighted by atomic mass is 10.1. The second-order valence-electron chi connectivity index (χ2n) is 3.55. The molecule has 16 heavy (non-hydrogen) atoms. The van der Waals surface area contributed by atoms with Crippen LogP contribution in [0.25, 0.3) is 0 Å². The molecule has 0 aromatic heterocycles. The molecule has 0 heterocycles. The van der Waals surface area contributed by atoms with E-state index in [1.807, 2.05) is 25.1 Å². The molecule has 1 unspecified atom stereocenters. The van der Waals surface area contributed by atoms with E-state index < -0.39 is 11.9 Å². The maximum atomic E-state index is 11.7. The van der Waals surface area contributed by atoms with Crippen molar-refractivity contribution in [3.8, 4) is 0 Å². The van der Waals surface area contributed by atoms with Crippen molar-refractivity contribution < 1.29 is 14.3 Å². The first-order valence-electron chi connectivity index (χ1n) is 5.00. The Balaban J connectivity index is 2.72. The Kier molecular flexibility index (Phi) is 4.05. The van der Waals surface area contributed by atoms with Gasteiger partial charge < -0.3 is 10.1 Å². The lowest BCUT2D eigenvalue weighted by Crippen LogP contribution is -2.28. The van der Waals surface area contributed by atoms with Crippen molar-refractivity contribution >= 4 is 17.6 Å². The molecule has 0 spiro atoms. The molecule has 0 radical (unpaired) electrons. The van der Waals surface area contributed by atoms with Gasteiger partial charge in [-0.05, 0) is 25.5 Å². The van der Waals surface area contributed by atoms with Crippen molar-refractivity contribution in [3.63, 3.8) is 0 Å². The van der Waals surface area contributed by atoms with Gasteiger partial charge in [0, 0.05) is 5.69 Å². The van der Waals surface area contributed by atoms with Gasteiger partial charge in [0.15, 0.2) is 0 Å². The number of benzene rings is 1. The van der Waals surface area contributed by atoms with Crippen LogP contribution >= 0.6 is 0 Å². The highest BCUT2D eigenvalue weighted by atomic mass is 16.5. The van der Waals surface area contributed by atoms with Crippen LogP contribution in [0.4, 0.5) is 5.69 Å². The lowest BCUT2D eigenvalue weighted by molar-refractivity contribution is -0.147. The van der Waals surface area contributed by atoms with Gasteiger partial charge in [-0.1, -0.05) is 18.2 Å². The van der Waals surface area contributed by atoms with E-state index in [4.69, 9.17) is 0 Å². The molecule has 1 aromatic carbocycles. The van der Waals surface area contributed by atoms with Gasteiger partial charge in [-0.2, -0.15) is 0 Å². The quantitative estimate of drug-likeness (QED) is 0.624. The number of nitrogens with one attached hydrogen (secondary N) is 1. The molecule has 1 N–H and O–H groups in total. The molecule has 1 rings (SSSR count). The van der Waals surface area contributed by atoms with Gasteiger partial charge in [-0.15, -0.1) is 0 Å². The highest BCUT2D eigenvalue weighted by molar-refractivity contribution is 6.04. The first-order chi connectivity index (χ1) is 7.56. The van der Waals surface area contributed by atoms with E-state index in [1.165, 1.54) is 14.0 Å². The molecule has 0 bridgehead atoms. The topological polar surface area (TPSA) is 55.4 Å². The molecule has 0 aliphatic carbocycles. The van der Waals surface area contributed by atoms with Gasteiger partial charge in [0.1, 0.15) is 5.92 Å². The van der Waals surface area contributed by atoms with Gasteiger partial charge in [-0.25, -0.2) is 0 Å². The summed E-state index contributed by atoms with van der Waals surface area (Å²) >= 11 is 0. The number of methoxy groups -OCH3 is 1. The number of amides is 1. The van der Waals surface area contributed by atoms with Crippen molar-refractivity contribution in [1.29, 1.82) is 0 Å². The Morgan fingerprint density at radius 1 is 1.31 bits per heavy atom. The van der Waals surface area contributed by atoms with E-state index in [2.05, 4.69) is 10.1 Å². The van der Waals surface area contributed by atoms with Gasteiger partial charge in [0.25, 0.3) is 0 Å². The smallest absolute Gasteiger partial charge is 0.317 e. The number of ether oxygens (including phenoxy) is 1. The zero-order chi connectivity index (χ0) is 12.1. The molecule has 0 saturated heterocycles. The van der Waals surface area contributed by atoms with E-state index in [-0.39, 0.29) is 5.91 Å². The molecule has 0 saturated carbocycles. The predicted octanol–water partition coefficient (Wildman–Crippen LogP) is 1.74. The minimum atomic E-state index is -0.801. The van der Waals surface area contributed by atoms with E-state index >= 15 is 0 Å². The number of carbonyl (C=O) groups is 2. The third-order valence-electron chi connectivity index (χ3n) is 2.35. The predicted molar refractivity (Wildman–Crippen MR) is 61.0 cm³/mol. The number of para-hydroxylation sites is 1. The van der Waals surface area contributed by atoms with Crippen molar-refractivity contribution in [2.75, 3.05) is 12.4 Å². The Hall–Kier alpha value is -1.84. The molecule has 4 heteroatoms. The fourth-order valence-corrected chi connectivity index (χ4v) is 1.24. The van der Waals surface area contributed by atoms with Crippen LogP contribution in [0.5, 0.6) is 0 Å². The summed E-state index contributed by atoms with van der Waals surface area (Å²) in [6, 6.07) is 7.38. The second-order valence-corrected chi connectivity index (χ2v) is 3.55. The molecule has 0 aliphatic rings. The van der Waals surface area contributed by atoms with E-state index in [0.717, 1.165) is 5.56 Å². The average molecular weight is 221 g/mol. The summed E-state index contributed by atoms with van der Waals surface area (Å²) in [5.41, 5.74) is 1.66. The molecule has 86 valence electrons. The number of carbonyl (C=O) groups excluding carboxylic acids is 2. The van der Waals surface area contributed by atoms with Crippen molar-refractivity contribution in [3.05, 3.63) is 29.8 Å². The highest BCUT2D eigenvalue weighted by Crippen LogP contribution is 2.14. The summed E-state index contributed by atoms with van der Waals surface area (Å²) < 4.78 is 4.50. The van der Waals surface area contributed by atoms with Crippen molar-refractivity contribution in [1.82, 2.24) is 0 Å². The van der Waals surface area contributed by atoms with Crippen molar-refractivity contribution in [2.45, 2.75) is 13.8 Å². The van der Waals surface area contributed by atoms with Crippen molar-refractivity contribution in [2.24, 2.45) is 5.92 Å². The second kappa shape index (κ2) is 5.30. The fraction of sp³-hybridized carbons (Fsp3) is 0.333. The van der Waals surface area contributed by atoms with Gasteiger partial charge in [-0.3, -0.25) is 9.59 Å². The van der Waals surface area contributed by atoms with Crippen LogP contribution in [0, 0.1) is 12.8 Å². The van der Waals surface area contributed by atoms with Gasteiger partial charge in [0.2, 0.25) is 5.91 Å². The lowest BCUT2D eigenvalue weighted by Gasteiger charge is -2.11. The number of hydrogen-bond donors (Lipinski definition) is 1. The van der Waals surface area contributed by atoms with Crippen LogP contribution < -0.4 is 5.32 Å². The minimum Gasteiger partial charge on any atom is -0.468 e. The summed E-state index contributed by atoms with van der Waals surface area (Å²) in [6.07, 6.45) is 0. The fourth-order valence-electron chi connectivity index (χ4n) is 1.24. The first kappa shape index (κ1) is 12.2. The zero-order valence-corrected chi connectivity index (χ0v) is 9.61. The summed E-state index contributed by atoms with van der Waals surface area (Å²) in [4.78, 5) is 22.8. The minimum absolute atomic E-state index is 0.360. The summed E-state index contributed by atoms with van der Waals surface area (Å²) in [7, 11) is 1.26. The Morgan fingerprint density at radius 3 is 2.50 bits per heavy atom. The molecule has 0 aliphatic heterocycles. The number of anilines is 1. The highest BCUT2D eigenvalue weighted by Gasteiger charge is 2.22. The van der Waals surface area contributed by atoms with E-state index in [0.29, 0.717) is 5.69 Å². The Morgan fingerprint density at radius 2 is 1.94 bits per heavy atom. The van der Waals surface area contributed by atoms with Crippen LogP contribution in [0.15, 0.2) is 24.3 Å². The molecule has 1 aromatic rings. The maximum absolute atomic E-state index is 11.7. The zero-order valence-electron chi connectivity index (χ0n) is 9.61. The third kappa shape index (κ3) is 2.82. The number of hydrogen-bond acceptors (Lipinski definition) is 3. The monoisotopic (exact) mass is 221 g/mol. The molecular weight excluding hydrogens is 206 g/mol. The molecule has 1 atom stereocenters. The van der Waals surface area contributed by atoms with Gasteiger partial charge in [0.05, 0.1) is 7.11 Å². The molecule has 4 nitrogen and oxygen atoms in total. The molecule has 1 amide bonds. The first-order valence-corrected chi connectivity index (χ1v) is 5.00. The largest absolute Gasteiger partial charge is 0.468 e. The Labute approximate surface area is 94.6 Å². The van der Waals surface area contributed by atoms with Gasteiger partial charge >= 0.3 is 5.97 Å². The van der Waals surface area contributed by atoms with Crippen LogP contribution in [-0.2, 0) is 14.3 Å². The van der Waals surface area contributed by atoms with E-state index in [1.54, 1.807) is 6.07 Å². The maximum Gasteiger partial charge on any atom is 0.317 e. The van der Waals surface area contributed by atoms with Crippen LogP contribution in [0.3, 0.4) is 0 Å². The number of rotatable bonds is 3. The molecule has 0 fully saturated rings. The van der Waals surface area contributed by atoms with Crippen LogP contribution in [0.2, 0.25) is 0 Å².